The maximum absolute atomic E-state index is 10.9. The van der Waals surface area contributed by atoms with Crippen LogP contribution in [-0.2, 0) is 4.74 Å². The van der Waals surface area contributed by atoms with Gasteiger partial charge in [-0.1, -0.05) is 13.0 Å². The number of likely N-dealkylation sites (N-methyl/N-ethyl adjacent to an activating group) is 1. The van der Waals surface area contributed by atoms with E-state index in [0.717, 1.165) is 26.1 Å². The Balaban J connectivity index is 2.36. The van der Waals surface area contributed by atoms with Gasteiger partial charge in [0.1, 0.15) is 5.75 Å². The molecule has 1 N–H and O–H groups in total. The molecule has 0 aliphatic rings. The summed E-state index contributed by atoms with van der Waals surface area (Å²) in [5.41, 5.74) is 0.247. The van der Waals surface area contributed by atoms with Crippen molar-refractivity contribution in [2.45, 2.75) is 26.3 Å². The first-order chi connectivity index (χ1) is 10.1. The molecule has 118 valence electrons. The van der Waals surface area contributed by atoms with Gasteiger partial charge in [0.05, 0.1) is 18.8 Å². The van der Waals surface area contributed by atoms with E-state index in [-0.39, 0.29) is 5.56 Å². The normalized spacial score (nSPS) is 12.4. The van der Waals surface area contributed by atoms with Gasteiger partial charge in [-0.2, -0.15) is 0 Å². The van der Waals surface area contributed by atoms with Crippen molar-refractivity contribution < 1.29 is 19.4 Å². The lowest BCUT2D eigenvalue weighted by Crippen LogP contribution is -2.37. The SMILES string of the molecule is CCN(CCCOc1cccc(C(=O)O)c1)C(C)COC. The molecule has 1 unspecified atom stereocenters. The standard InChI is InChI=1S/C16H25NO4/c1-4-17(13(2)12-20-3)9-6-10-21-15-8-5-7-14(11-15)16(18)19/h5,7-8,11,13H,4,6,9-10,12H2,1-3H3,(H,18,19). The van der Waals surface area contributed by atoms with Crippen molar-refractivity contribution in [1.82, 2.24) is 4.90 Å². The maximum Gasteiger partial charge on any atom is 0.335 e. The van der Waals surface area contributed by atoms with Crippen molar-refractivity contribution in [1.29, 1.82) is 0 Å². The van der Waals surface area contributed by atoms with Gasteiger partial charge in [-0.05, 0) is 38.1 Å². The van der Waals surface area contributed by atoms with E-state index >= 15 is 0 Å². The Morgan fingerprint density at radius 1 is 1.43 bits per heavy atom. The molecule has 1 aromatic carbocycles. The van der Waals surface area contributed by atoms with Crippen LogP contribution in [0.3, 0.4) is 0 Å². The summed E-state index contributed by atoms with van der Waals surface area (Å²) in [6.45, 7) is 7.46. The third-order valence-corrected chi connectivity index (χ3v) is 3.38. The Morgan fingerprint density at radius 3 is 2.81 bits per heavy atom. The van der Waals surface area contributed by atoms with Crippen LogP contribution in [0.25, 0.3) is 0 Å². The molecule has 5 nitrogen and oxygen atoms in total. The fourth-order valence-corrected chi connectivity index (χ4v) is 2.21. The second-order valence-electron chi connectivity index (χ2n) is 4.97. The van der Waals surface area contributed by atoms with E-state index in [1.807, 2.05) is 0 Å². The monoisotopic (exact) mass is 295 g/mol. The number of carboxylic acid groups (broad SMARTS) is 1. The van der Waals surface area contributed by atoms with Gasteiger partial charge in [0.15, 0.2) is 0 Å². The van der Waals surface area contributed by atoms with Crippen molar-refractivity contribution >= 4 is 5.97 Å². The number of rotatable bonds is 10. The summed E-state index contributed by atoms with van der Waals surface area (Å²) in [6, 6.07) is 6.96. The van der Waals surface area contributed by atoms with Gasteiger partial charge in [0, 0.05) is 19.7 Å². The Morgan fingerprint density at radius 2 is 2.19 bits per heavy atom. The number of aromatic carboxylic acids is 1. The summed E-state index contributed by atoms with van der Waals surface area (Å²) < 4.78 is 10.8. The first-order valence-electron chi connectivity index (χ1n) is 7.27. The number of hydrogen-bond acceptors (Lipinski definition) is 4. The molecule has 0 saturated carbocycles. The van der Waals surface area contributed by atoms with Gasteiger partial charge in [0.2, 0.25) is 0 Å². The molecule has 1 aromatic rings. The lowest BCUT2D eigenvalue weighted by molar-refractivity contribution is 0.0696. The predicted molar refractivity (Wildman–Crippen MR) is 82.1 cm³/mol. The zero-order valence-electron chi connectivity index (χ0n) is 13.0. The zero-order chi connectivity index (χ0) is 15.7. The molecule has 5 heteroatoms. The van der Waals surface area contributed by atoms with E-state index < -0.39 is 5.97 Å². The maximum atomic E-state index is 10.9. The smallest absolute Gasteiger partial charge is 0.335 e. The summed E-state index contributed by atoms with van der Waals surface area (Å²) in [4.78, 5) is 13.2. The van der Waals surface area contributed by atoms with Gasteiger partial charge >= 0.3 is 5.97 Å². The quantitative estimate of drug-likeness (QED) is 0.672. The fourth-order valence-electron chi connectivity index (χ4n) is 2.21. The molecule has 0 bridgehead atoms. The average molecular weight is 295 g/mol. The molecular formula is C16H25NO4. The number of methoxy groups -OCH3 is 1. The van der Waals surface area contributed by atoms with Gasteiger partial charge in [0.25, 0.3) is 0 Å². The van der Waals surface area contributed by atoms with Crippen molar-refractivity contribution in [2.24, 2.45) is 0 Å². The topological polar surface area (TPSA) is 59.0 Å². The number of carbonyl (C=O) groups is 1. The molecule has 1 atom stereocenters. The molecule has 0 radical (unpaired) electrons. The summed E-state index contributed by atoms with van der Waals surface area (Å²) in [7, 11) is 1.71. The van der Waals surface area contributed by atoms with Crippen LogP contribution < -0.4 is 4.74 Å². The second kappa shape index (κ2) is 9.37. The highest BCUT2D eigenvalue weighted by Crippen LogP contribution is 2.13. The third-order valence-electron chi connectivity index (χ3n) is 3.38. The van der Waals surface area contributed by atoms with Crippen molar-refractivity contribution in [3.8, 4) is 5.75 Å². The molecule has 0 aliphatic carbocycles. The number of ether oxygens (including phenoxy) is 2. The van der Waals surface area contributed by atoms with Crippen LogP contribution in [0.1, 0.15) is 30.6 Å². The predicted octanol–water partition coefficient (Wildman–Crippen LogP) is 2.51. The van der Waals surface area contributed by atoms with E-state index in [4.69, 9.17) is 14.6 Å². The molecule has 1 rings (SSSR count). The van der Waals surface area contributed by atoms with Crippen LogP contribution in [0.2, 0.25) is 0 Å². The number of nitrogens with zero attached hydrogens (tertiary/aromatic N) is 1. The minimum absolute atomic E-state index is 0.247. The summed E-state index contributed by atoms with van der Waals surface area (Å²) >= 11 is 0. The highest BCUT2D eigenvalue weighted by Gasteiger charge is 2.11. The Kier molecular flexibility index (Phi) is 7.79. The van der Waals surface area contributed by atoms with Crippen LogP contribution in [0.5, 0.6) is 5.75 Å². The van der Waals surface area contributed by atoms with Crippen LogP contribution in [0.15, 0.2) is 24.3 Å². The molecule has 0 heterocycles. The number of carboxylic acids is 1. The zero-order valence-corrected chi connectivity index (χ0v) is 13.0. The number of hydrogen-bond donors (Lipinski definition) is 1. The first-order valence-corrected chi connectivity index (χ1v) is 7.27. The first kappa shape index (κ1) is 17.5. The fraction of sp³-hybridized carbons (Fsp3) is 0.562. The summed E-state index contributed by atoms with van der Waals surface area (Å²) in [6.07, 6.45) is 0.888. The Hall–Kier alpha value is -1.59. The minimum atomic E-state index is -0.939. The second-order valence-corrected chi connectivity index (χ2v) is 4.97. The van der Waals surface area contributed by atoms with Crippen molar-refractivity contribution in [2.75, 3.05) is 33.4 Å². The molecule has 0 spiro atoms. The average Bonchev–Trinajstić information content (AvgIpc) is 2.47. The van der Waals surface area contributed by atoms with Gasteiger partial charge in [-0.3, -0.25) is 4.90 Å². The lowest BCUT2D eigenvalue weighted by Gasteiger charge is -2.27. The van der Waals surface area contributed by atoms with E-state index in [9.17, 15) is 4.79 Å². The Bertz CT molecular complexity index is 436. The largest absolute Gasteiger partial charge is 0.494 e. The molecule has 0 aromatic heterocycles. The van der Waals surface area contributed by atoms with E-state index in [0.29, 0.717) is 18.4 Å². The van der Waals surface area contributed by atoms with E-state index in [1.165, 1.54) is 0 Å². The lowest BCUT2D eigenvalue weighted by atomic mass is 10.2. The summed E-state index contributed by atoms with van der Waals surface area (Å²) in [5, 5.41) is 8.92. The summed E-state index contributed by atoms with van der Waals surface area (Å²) in [5.74, 6) is -0.339. The molecule has 0 fully saturated rings. The minimum Gasteiger partial charge on any atom is -0.494 e. The number of benzene rings is 1. The van der Waals surface area contributed by atoms with E-state index in [2.05, 4.69) is 18.7 Å². The highest BCUT2D eigenvalue weighted by molar-refractivity contribution is 5.87. The highest BCUT2D eigenvalue weighted by atomic mass is 16.5. The molecule has 0 aliphatic heterocycles. The van der Waals surface area contributed by atoms with Crippen LogP contribution >= 0.6 is 0 Å². The Labute approximate surface area is 126 Å². The third kappa shape index (κ3) is 6.14. The van der Waals surface area contributed by atoms with Gasteiger partial charge < -0.3 is 14.6 Å². The van der Waals surface area contributed by atoms with E-state index in [1.54, 1.807) is 31.4 Å². The molecule has 0 amide bonds. The van der Waals surface area contributed by atoms with Crippen LogP contribution in [0, 0.1) is 0 Å². The van der Waals surface area contributed by atoms with Crippen molar-refractivity contribution in [3.63, 3.8) is 0 Å². The van der Waals surface area contributed by atoms with Crippen LogP contribution in [0.4, 0.5) is 0 Å². The van der Waals surface area contributed by atoms with Gasteiger partial charge in [-0.15, -0.1) is 0 Å². The van der Waals surface area contributed by atoms with Crippen LogP contribution in [-0.4, -0.2) is 55.4 Å². The molecular weight excluding hydrogens is 270 g/mol. The van der Waals surface area contributed by atoms with Crippen molar-refractivity contribution in [3.05, 3.63) is 29.8 Å². The van der Waals surface area contributed by atoms with Gasteiger partial charge in [-0.25, -0.2) is 4.79 Å². The molecule has 21 heavy (non-hydrogen) atoms. The molecule has 0 saturated heterocycles.